The molecule has 0 amide bonds. The van der Waals surface area contributed by atoms with Crippen LogP contribution in [-0.4, -0.2) is 50.4 Å². The smallest absolute Gasteiger partial charge is 0.356 e. The molecule has 1 atom stereocenters. The molecule has 3 rings (SSSR count). The van der Waals surface area contributed by atoms with Gasteiger partial charge in [0, 0.05) is 30.9 Å². The molecule has 1 aromatic heterocycles. The predicted molar refractivity (Wildman–Crippen MR) is 96.5 cm³/mol. The number of esters is 1. The summed E-state index contributed by atoms with van der Waals surface area (Å²) in [6, 6.07) is 9.46. The van der Waals surface area contributed by atoms with Crippen LogP contribution in [-0.2, 0) is 14.8 Å². The van der Waals surface area contributed by atoms with Crippen molar-refractivity contribution in [2.75, 3.05) is 26.7 Å². The van der Waals surface area contributed by atoms with E-state index in [0.717, 1.165) is 5.56 Å². The number of hydrogen-bond acceptors (Lipinski definition) is 6. The van der Waals surface area contributed by atoms with E-state index in [-0.39, 0.29) is 10.6 Å². The molecule has 1 unspecified atom stereocenters. The molecule has 1 saturated heterocycles. The van der Waals surface area contributed by atoms with Crippen LogP contribution in [0.3, 0.4) is 0 Å². The van der Waals surface area contributed by atoms with Gasteiger partial charge in [-0.05, 0) is 23.8 Å². The molecule has 138 valence electrons. The van der Waals surface area contributed by atoms with E-state index in [4.69, 9.17) is 11.6 Å². The Labute approximate surface area is 157 Å². The molecule has 1 aromatic carbocycles. The minimum absolute atomic E-state index is 0.0177. The maximum atomic E-state index is 13.1. The molecule has 2 heterocycles. The van der Waals surface area contributed by atoms with Gasteiger partial charge in [-0.2, -0.15) is 4.31 Å². The minimum Gasteiger partial charge on any atom is -0.464 e. The Kier molecular flexibility index (Phi) is 5.57. The van der Waals surface area contributed by atoms with E-state index >= 15 is 0 Å². The Hall–Kier alpha value is -2.00. The number of rotatable bonds is 4. The summed E-state index contributed by atoms with van der Waals surface area (Å²) in [5.74, 6) is -0.620. The van der Waals surface area contributed by atoms with Gasteiger partial charge in [0.1, 0.15) is 10.6 Å². The van der Waals surface area contributed by atoms with E-state index < -0.39 is 22.0 Å². The van der Waals surface area contributed by atoms with Gasteiger partial charge < -0.3 is 10.1 Å². The zero-order valence-corrected chi connectivity index (χ0v) is 15.6. The molecule has 1 N–H and O–H groups in total. The average Bonchev–Trinajstić information content (AvgIpc) is 2.68. The van der Waals surface area contributed by atoms with Crippen LogP contribution >= 0.6 is 11.6 Å². The molecule has 0 aliphatic carbocycles. The van der Waals surface area contributed by atoms with Crippen molar-refractivity contribution >= 4 is 27.6 Å². The lowest BCUT2D eigenvalue weighted by atomic mass is 10.1. The highest BCUT2D eigenvalue weighted by molar-refractivity contribution is 7.89. The highest BCUT2D eigenvalue weighted by Crippen LogP contribution is 2.32. The fraction of sp³-hybridized carbons (Fsp3) is 0.294. The number of aromatic nitrogens is 1. The second-order valence-corrected chi connectivity index (χ2v) is 8.03. The number of nitrogens with zero attached hydrogens (tertiary/aromatic N) is 2. The fourth-order valence-electron chi connectivity index (χ4n) is 2.88. The Morgan fingerprint density at radius 2 is 2.08 bits per heavy atom. The van der Waals surface area contributed by atoms with Crippen LogP contribution in [0.2, 0.25) is 5.02 Å². The normalized spacial score (nSPS) is 18.5. The number of hydrogen-bond donors (Lipinski definition) is 1. The molecule has 7 nitrogen and oxygen atoms in total. The monoisotopic (exact) mass is 395 g/mol. The first kappa shape index (κ1) is 18.8. The van der Waals surface area contributed by atoms with Gasteiger partial charge in [-0.3, -0.25) is 0 Å². The summed E-state index contributed by atoms with van der Waals surface area (Å²) in [7, 11) is -2.57. The van der Waals surface area contributed by atoms with E-state index in [1.165, 1.54) is 29.7 Å². The number of carbonyl (C=O) groups excluding carboxylic acids is 1. The second kappa shape index (κ2) is 7.71. The van der Waals surface area contributed by atoms with Crippen molar-refractivity contribution in [1.82, 2.24) is 14.6 Å². The molecule has 9 heteroatoms. The molecule has 1 aliphatic heterocycles. The zero-order valence-electron chi connectivity index (χ0n) is 14.1. The Morgan fingerprint density at radius 1 is 1.31 bits per heavy atom. The van der Waals surface area contributed by atoms with E-state index in [0.29, 0.717) is 24.7 Å². The third kappa shape index (κ3) is 3.59. The van der Waals surface area contributed by atoms with E-state index in [2.05, 4.69) is 15.0 Å². The van der Waals surface area contributed by atoms with Crippen LogP contribution in [0, 0.1) is 0 Å². The van der Waals surface area contributed by atoms with Gasteiger partial charge in [0.2, 0.25) is 10.0 Å². The molecule has 0 spiro atoms. The van der Waals surface area contributed by atoms with Crippen molar-refractivity contribution in [2.24, 2.45) is 0 Å². The van der Waals surface area contributed by atoms with Gasteiger partial charge in [0.05, 0.1) is 13.2 Å². The first-order valence-corrected chi connectivity index (χ1v) is 9.78. The number of pyridine rings is 1. The van der Waals surface area contributed by atoms with Gasteiger partial charge in [-0.1, -0.05) is 29.8 Å². The summed E-state index contributed by atoms with van der Waals surface area (Å²) >= 11 is 6.28. The van der Waals surface area contributed by atoms with E-state index in [1.807, 2.05) is 12.1 Å². The van der Waals surface area contributed by atoms with E-state index in [9.17, 15) is 13.2 Å². The molecule has 2 aromatic rings. The molecular formula is C17H18ClN3O4S. The SMILES string of the molecule is COC(=O)c1ccc(S(=O)(=O)N2CCNCC2c2ccccc2Cl)cn1. The van der Waals surface area contributed by atoms with Gasteiger partial charge in [0.25, 0.3) is 0 Å². The van der Waals surface area contributed by atoms with Crippen LogP contribution < -0.4 is 5.32 Å². The van der Waals surface area contributed by atoms with Gasteiger partial charge in [-0.25, -0.2) is 18.2 Å². The maximum Gasteiger partial charge on any atom is 0.356 e. The molecule has 1 aliphatic rings. The second-order valence-electron chi connectivity index (χ2n) is 5.73. The van der Waals surface area contributed by atoms with Crippen molar-refractivity contribution < 1.29 is 17.9 Å². The van der Waals surface area contributed by atoms with Gasteiger partial charge >= 0.3 is 5.97 Å². The third-order valence-electron chi connectivity index (χ3n) is 4.20. The number of nitrogens with one attached hydrogen (secondary N) is 1. The highest BCUT2D eigenvalue weighted by atomic mass is 35.5. The Balaban J connectivity index is 1.96. The Morgan fingerprint density at radius 3 is 2.73 bits per heavy atom. The lowest BCUT2D eigenvalue weighted by Gasteiger charge is -2.35. The topological polar surface area (TPSA) is 88.6 Å². The number of benzene rings is 1. The van der Waals surface area contributed by atoms with Crippen LogP contribution in [0.4, 0.5) is 0 Å². The van der Waals surface area contributed by atoms with Crippen molar-refractivity contribution in [3.8, 4) is 0 Å². The average molecular weight is 396 g/mol. The van der Waals surface area contributed by atoms with Crippen LogP contribution in [0.1, 0.15) is 22.1 Å². The molecular weight excluding hydrogens is 378 g/mol. The summed E-state index contributed by atoms with van der Waals surface area (Å²) in [5.41, 5.74) is 0.790. The largest absolute Gasteiger partial charge is 0.464 e. The maximum absolute atomic E-state index is 13.1. The summed E-state index contributed by atoms with van der Waals surface area (Å²) < 4.78 is 32.3. The van der Waals surface area contributed by atoms with Crippen molar-refractivity contribution in [1.29, 1.82) is 0 Å². The van der Waals surface area contributed by atoms with Crippen LogP contribution in [0.5, 0.6) is 0 Å². The first-order valence-electron chi connectivity index (χ1n) is 7.96. The van der Waals surface area contributed by atoms with Crippen molar-refractivity contribution in [3.63, 3.8) is 0 Å². The Bertz CT molecular complexity index is 902. The summed E-state index contributed by atoms with van der Waals surface area (Å²) in [5, 5.41) is 3.72. The van der Waals surface area contributed by atoms with Crippen molar-refractivity contribution in [3.05, 3.63) is 58.9 Å². The molecule has 0 bridgehead atoms. The number of carbonyl (C=O) groups is 1. The van der Waals surface area contributed by atoms with Crippen LogP contribution in [0.15, 0.2) is 47.5 Å². The number of piperazine rings is 1. The van der Waals surface area contributed by atoms with Crippen LogP contribution in [0.25, 0.3) is 0 Å². The zero-order chi connectivity index (χ0) is 18.7. The van der Waals surface area contributed by atoms with E-state index in [1.54, 1.807) is 12.1 Å². The number of ether oxygens (including phenoxy) is 1. The molecule has 0 radical (unpaired) electrons. The minimum atomic E-state index is -3.81. The third-order valence-corrected chi connectivity index (χ3v) is 6.43. The van der Waals surface area contributed by atoms with Gasteiger partial charge in [0.15, 0.2) is 0 Å². The predicted octanol–water partition coefficient (Wildman–Crippen LogP) is 1.86. The highest BCUT2D eigenvalue weighted by Gasteiger charge is 2.35. The summed E-state index contributed by atoms with van der Waals surface area (Å²) in [6.07, 6.45) is 1.17. The molecule has 1 fully saturated rings. The summed E-state index contributed by atoms with van der Waals surface area (Å²) in [4.78, 5) is 15.4. The molecule has 0 saturated carbocycles. The number of sulfonamides is 1. The quantitative estimate of drug-likeness (QED) is 0.795. The van der Waals surface area contributed by atoms with Crippen molar-refractivity contribution in [2.45, 2.75) is 10.9 Å². The number of methoxy groups -OCH3 is 1. The first-order chi connectivity index (χ1) is 12.4. The lowest BCUT2D eigenvalue weighted by molar-refractivity contribution is 0.0594. The number of halogens is 1. The standard InChI is InChI=1S/C17H18ClN3O4S/c1-25-17(22)15-7-6-12(10-20-15)26(23,24)21-9-8-19-11-16(21)13-4-2-3-5-14(13)18/h2-7,10,16,19H,8-9,11H2,1H3. The summed E-state index contributed by atoms with van der Waals surface area (Å²) in [6.45, 7) is 1.29. The lowest BCUT2D eigenvalue weighted by Crippen LogP contribution is -2.48. The molecule has 26 heavy (non-hydrogen) atoms. The van der Waals surface area contributed by atoms with Gasteiger partial charge in [-0.15, -0.1) is 0 Å². The fourth-order valence-corrected chi connectivity index (χ4v) is 4.69.